The summed E-state index contributed by atoms with van der Waals surface area (Å²) in [4.78, 5) is 20.8. The van der Waals surface area contributed by atoms with Crippen LogP contribution in [0.2, 0.25) is 0 Å². The van der Waals surface area contributed by atoms with Crippen LogP contribution in [-0.2, 0) is 4.79 Å². The Hall–Kier alpha value is -1.58. The number of hydrogen-bond donors (Lipinski definition) is 0. The molecule has 2 aliphatic rings. The lowest BCUT2D eigenvalue weighted by Crippen LogP contribution is -2.49. The van der Waals surface area contributed by atoms with Crippen molar-refractivity contribution in [2.24, 2.45) is 5.92 Å². The monoisotopic (exact) mass is 245 g/mol. The van der Waals surface area contributed by atoms with Crippen LogP contribution in [0.4, 0.5) is 5.82 Å². The molecule has 1 amide bonds. The summed E-state index contributed by atoms with van der Waals surface area (Å²) in [5, 5.41) is 0. The van der Waals surface area contributed by atoms with Crippen LogP contribution >= 0.6 is 0 Å². The minimum atomic E-state index is 0.341. The number of piperazine rings is 1. The number of amides is 1. The molecule has 1 aromatic heterocycles. The molecule has 2 fully saturated rings. The molecule has 1 aliphatic heterocycles. The highest BCUT2D eigenvalue weighted by Crippen LogP contribution is 2.31. The Morgan fingerprint density at radius 1 is 1.22 bits per heavy atom. The standard InChI is InChI=1S/C14H19N3O/c1-11-3-2-4-13(15-11)16-7-9-17(10-8-16)14(18)12-5-6-12/h2-4,12H,5-10H2,1H3. The van der Waals surface area contributed by atoms with Crippen LogP contribution in [0, 0.1) is 12.8 Å². The van der Waals surface area contributed by atoms with Crippen molar-refractivity contribution in [3.63, 3.8) is 0 Å². The van der Waals surface area contributed by atoms with Crippen LogP contribution in [-0.4, -0.2) is 42.0 Å². The molecule has 18 heavy (non-hydrogen) atoms. The molecule has 2 heterocycles. The smallest absolute Gasteiger partial charge is 0.225 e. The zero-order valence-corrected chi connectivity index (χ0v) is 10.8. The maximum absolute atomic E-state index is 11.9. The van der Waals surface area contributed by atoms with E-state index < -0.39 is 0 Å². The van der Waals surface area contributed by atoms with E-state index in [9.17, 15) is 4.79 Å². The van der Waals surface area contributed by atoms with Gasteiger partial charge in [0.05, 0.1) is 0 Å². The normalized spacial score (nSPS) is 20.1. The van der Waals surface area contributed by atoms with E-state index in [2.05, 4.69) is 9.88 Å². The van der Waals surface area contributed by atoms with Crippen LogP contribution in [0.5, 0.6) is 0 Å². The van der Waals surface area contributed by atoms with Crippen molar-refractivity contribution in [1.29, 1.82) is 0 Å². The average molecular weight is 245 g/mol. The quantitative estimate of drug-likeness (QED) is 0.791. The number of rotatable bonds is 2. The zero-order chi connectivity index (χ0) is 12.5. The van der Waals surface area contributed by atoms with E-state index in [-0.39, 0.29) is 0 Å². The maximum Gasteiger partial charge on any atom is 0.225 e. The molecule has 1 saturated heterocycles. The second-order valence-corrected chi connectivity index (χ2v) is 5.22. The molecule has 4 heteroatoms. The Bertz CT molecular complexity index is 448. The molecule has 1 aliphatic carbocycles. The highest BCUT2D eigenvalue weighted by atomic mass is 16.2. The van der Waals surface area contributed by atoms with Gasteiger partial charge in [0.2, 0.25) is 5.91 Å². The number of anilines is 1. The largest absolute Gasteiger partial charge is 0.353 e. The van der Waals surface area contributed by atoms with Crippen LogP contribution in [0.15, 0.2) is 18.2 Å². The van der Waals surface area contributed by atoms with E-state index in [1.807, 2.05) is 30.0 Å². The summed E-state index contributed by atoms with van der Waals surface area (Å²) >= 11 is 0. The molecule has 1 saturated carbocycles. The van der Waals surface area contributed by atoms with Gasteiger partial charge in [-0.15, -0.1) is 0 Å². The zero-order valence-electron chi connectivity index (χ0n) is 10.8. The molecule has 0 radical (unpaired) electrons. The van der Waals surface area contributed by atoms with Gasteiger partial charge in [-0.2, -0.15) is 0 Å². The van der Waals surface area contributed by atoms with Crippen molar-refractivity contribution in [3.8, 4) is 0 Å². The summed E-state index contributed by atoms with van der Waals surface area (Å²) < 4.78 is 0. The highest BCUT2D eigenvalue weighted by molar-refractivity contribution is 5.81. The Morgan fingerprint density at radius 2 is 1.94 bits per heavy atom. The van der Waals surface area contributed by atoms with Crippen molar-refractivity contribution in [3.05, 3.63) is 23.9 Å². The van der Waals surface area contributed by atoms with Gasteiger partial charge in [-0.25, -0.2) is 4.98 Å². The van der Waals surface area contributed by atoms with Gasteiger partial charge >= 0.3 is 0 Å². The van der Waals surface area contributed by atoms with Crippen molar-refractivity contribution in [2.45, 2.75) is 19.8 Å². The Balaban J connectivity index is 1.61. The number of carbonyl (C=O) groups excluding carboxylic acids is 1. The summed E-state index contributed by atoms with van der Waals surface area (Å²) in [6, 6.07) is 6.10. The van der Waals surface area contributed by atoms with Gasteiger partial charge in [-0.05, 0) is 31.9 Å². The molecule has 3 rings (SSSR count). The molecule has 0 unspecified atom stereocenters. The first-order chi connectivity index (χ1) is 8.74. The van der Waals surface area contributed by atoms with Crippen LogP contribution < -0.4 is 4.90 Å². The second-order valence-electron chi connectivity index (χ2n) is 5.22. The van der Waals surface area contributed by atoms with E-state index in [0.717, 1.165) is 50.5 Å². The van der Waals surface area contributed by atoms with Gasteiger partial charge in [0.15, 0.2) is 0 Å². The number of aryl methyl sites for hydroxylation is 1. The molecule has 96 valence electrons. The van der Waals surface area contributed by atoms with E-state index in [1.165, 1.54) is 0 Å². The topological polar surface area (TPSA) is 36.4 Å². The highest BCUT2D eigenvalue weighted by Gasteiger charge is 2.34. The van der Waals surface area contributed by atoms with Gasteiger partial charge < -0.3 is 9.80 Å². The van der Waals surface area contributed by atoms with E-state index in [1.54, 1.807) is 0 Å². The van der Waals surface area contributed by atoms with Crippen molar-refractivity contribution < 1.29 is 4.79 Å². The first kappa shape index (κ1) is 11.5. The Kier molecular flexibility index (Phi) is 2.94. The third kappa shape index (κ3) is 2.33. The summed E-state index contributed by atoms with van der Waals surface area (Å²) in [6.45, 7) is 5.48. The third-order valence-corrected chi connectivity index (χ3v) is 3.72. The summed E-state index contributed by atoms with van der Waals surface area (Å²) in [5.41, 5.74) is 1.05. The lowest BCUT2D eigenvalue weighted by atomic mass is 10.2. The fourth-order valence-electron chi connectivity index (χ4n) is 2.45. The van der Waals surface area contributed by atoms with Crippen molar-refractivity contribution in [1.82, 2.24) is 9.88 Å². The van der Waals surface area contributed by atoms with Crippen molar-refractivity contribution in [2.75, 3.05) is 31.1 Å². The number of nitrogens with zero attached hydrogens (tertiary/aromatic N) is 3. The minimum Gasteiger partial charge on any atom is -0.353 e. The van der Waals surface area contributed by atoms with Gasteiger partial charge in [0, 0.05) is 37.8 Å². The lowest BCUT2D eigenvalue weighted by molar-refractivity contribution is -0.132. The molecule has 0 aromatic carbocycles. The van der Waals surface area contributed by atoms with Crippen LogP contribution in [0.3, 0.4) is 0 Å². The second kappa shape index (κ2) is 4.59. The van der Waals surface area contributed by atoms with Gasteiger partial charge in [-0.3, -0.25) is 4.79 Å². The molecule has 4 nitrogen and oxygen atoms in total. The fraction of sp³-hybridized carbons (Fsp3) is 0.571. The molecule has 0 atom stereocenters. The number of pyridine rings is 1. The van der Waals surface area contributed by atoms with E-state index in [4.69, 9.17) is 0 Å². The van der Waals surface area contributed by atoms with Crippen LogP contribution in [0.1, 0.15) is 18.5 Å². The van der Waals surface area contributed by atoms with E-state index in [0.29, 0.717) is 11.8 Å². The Labute approximate surface area is 108 Å². The molecule has 0 N–H and O–H groups in total. The predicted molar refractivity (Wildman–Crippen MR) is 70.5 cm³/mol. The van der Waals surface area contributed by atoms with Crippen LogP contribution in [0.25, 0.3) is 0 Å². The molecule has 1 aromatic rings. The Morgan fingerprint density at radius 3 is 2.56 bits per heavy atom. The molecule has 0 bridgehead atoms. The summed E-state index contributed by atoms with van der Waals surface area (Å²) in [6.07, 6.45) is 2.19. The minimum absolute atomic E-state index is 0.341. The SMILES string of the molecule is Cc1cccc(N2CCN(C(=O)C3CC3)CC2)n1. The molecular formula is C14H19N3O. The third-order valence-electron chi connectivity index (χ3n) is 3.72. The van der Waals surface area contributed by atoms with Crippen molar-refractivity contribution >= 4 is 11.7 Å². The summed E-state index contributed by atoms with van der Waals surface area (Å²) in [7, 11) is 0. The van der Waals surface area contributed by atoms with E-state index >= 15 is 0 Å². The molecular weight excluding hydrogens is 226 g/mol. The number of aromatic nitrogens is 1. The number of carbonyl (C=O) groups is 1. The maximum atomic E-state index is 11.9. The first-order valence-electron chi connectivity index (χ1n) is 6.71. The average Bonchev–Trinajstić information content (AvgIpc) is 3.22. The van der Waals surface area contributed by atoms with Gasteiger partial charge in [0.25, 0.3) is 0 Å². The van der Waals surface area contributed by atoms with Gasteiger partial charge in [0.1, 0.15) is 5.82 Å². The predicted octanol–water partition coefficient (Wildman–Crippen LogP) is 1.45. The molecule has 0 spiro atoms. The van der Waals surface area contributed by atoms with Gasteiger partial charge in [-0.1, -0.05) is 6.07 Å². The summed E-state index contributed by atoms with van der Waals surface area (Å²) in [5.74, 6) is 1.74. The lowest BCUT2D eigenvalue weighted by Gasteiger charge is -2.35. The number of hydrogen-bond acceptors (Lipinski definition) is 3. The first-order valence-corrected chi connectivity index (χ1v) is 6.71. The fourth-order valence-corrected chi connectivity index (χ4v) is 2.45.